The van der Waals surface area contributed by atoms with Gasteiger partial charge < -0.3 is 15.8 Å². The molecular weight excluding hydrogens is 222 g/mol. The smallest absolute Gasteiger partial charge is 0.242 e. The Kier molecular flexibility index (Phi) is 7.24. The molecule has 7 nitrogen and oxygen atoms in total. The molecule has 0 saturated heterocycles. The van der Waals surface area contributed by atoms with Gasteiger partial charge in [-0.1, -0.05) is 13.8 Å². The van der Waals surface area contributed by atoms with Gasteiger partial charge in [0.25, 0.3) is 0 Å². The van der Waals surface area contributed by atoms with Crippen molar-refractivity contribution in [3.8, 4) is 0 Å². The number of primary amides is 1. The summed E-state index contributed by atoms with van der Waals surface area (Å²) in [6.45, 7) is 6.14. The van der Waals surface area contributed by atoms with Gasteiger partial charge in [0.15, 0.2) is 0 Å². The highest BCUT2D eigenvalue weighted by Crippen LogP contribution is 2.05. The molecule has 0 spiro atoms. The Morgan fingerprint density at radius 2 is 2.00 bits per heavy atom. The van der Waals surface area contributed by atoms with Gasteiger partial charge >= 0.3 is 0 Å². The van der Waals surface area contributed by atoms with Crippen LogP contribution in [0.15, 0.2) is 4.99 Å². The first-order valence-corrected chi connectivity index (χ1v) is 5.51. The third-order valence-corrected chi connectivity index (χ3v) is 2.13. The maximum atomic E-state index is 11.2. The molecule has 2 atom stereocenters. The van der Waals surface area contributed by atoms with Crippen molar-refractivity contribution in [2.75, 3.05) is 13.7 Å². The van der Waals surface area contributed by atoms with Crippen molar-refractivity contribution in [2.45, 2.75) is 32.9 Å². The number of rotatable bonds is 6. The van der Waals surface area contributed by atoms with Crippen LogP contribution in [0.3, 0.4) is 0 Å². The molecule has 17 heavy (non-hydrogen) atoms. The second-order valence-corrected chi connectivity index (χ2v) is 4.21. The Labute approximate surface area is 102 Å². The summed E-state index contributed by atoms with van der Waals surface area (Å²) in [5, 5.41) is 2.99. The molecule has 0 aliphatic carbocycles. The van der Waals surface area contributed by atoms with Crippen LogP contribution < -0.4 is 22.3 Å². The van der Waals surface area contributed by atoms with Crippen LogP contribution in [-0.2, 0) is 9.53 Å². The predicted molar refractivity (Wildman–Crippen MR) is 67.1 cm³/mol. The van der Waals surface area contributed by atoms with Crippen LogP contribution in [0, 0.1) is 5.92 Å². The molecule has 100 valence electrons. The van der Waals surface area contributed by atoms with E-state index in [4.69, 9.17) is 16.3 Å². The molecule has 1 amide bonds. The quantitative estimate of drug-likeness (QED) is 0.206. The minimum absolute atomic E-state index is 0.00961. The second kappa shape index (κ2) is 7.86. The van der Waals surface area contributed by atoms with E-state index in [0.29, 0.717) is 12.6 Å². The number of aliphatic imine (C=N–C) groups is 1. The first-order chi connectivity index (χ1) is 7.92. The van der Waals surface area contributed by atoms with E-state index in [1.54, 1.807) is 7.11 Å². The van der Waals surface area contributed by atoms with Crippen LogP contribution in [0.5, 0.6) is 0 Å². The minimum atomic E-state index is -0.608. The fraction of sp³-hybridized carbons (Fsp3) is 0.800. The van der Waals surface area contributed by atoms with E-state index in [-0.39, 0.29) is 12.0 Å². The Morgan fingerprint density at radius 1 is 1.41 bits per heavy atom. The SMILES string of the molecule is COCC(C)NC(=NC(C(N)=O)C(C)C)NN. The van der Waals surface area contributed by atoms with E-state index in [1.165, 1.54) is 0 Å². The van der Waals surface area contributed by atoms with Crippen LogP contribution in [0.25, 0.3) is 0 Å². The Hall–Kier alpha value is -1.34. The van der Waals surface area contributed by atoms with Crippen LogP contribution in [0.1, 0.15) is 20.8 Å². The van der Waals surface area contributed by atoms with Crippen LogP contribution in [-0.4, -0.2) is 37.7 Å². The van der Waals surface area contributed by atoms with Gasteiger partial charge in [0.05, 0.1) is 6.61 Å². The number of nitrogens with one attached hydrogen (secondary N) is 2. The molecule has 0 heterocycles. The molecular formula is C10H23N5O2. The number of guanidine groups is 1. The highest BCUT2D eigenvalue weighted by Gasteiger charge is 2.19. The molecule has 0 aromatic heterocycles. The topological polar surface area (TPSA) is 115 Å². The third-order valence-electron chi connectivity index (χ3n) is 2.13. The number of carbonyl (C=O) groups is 1. The first-order valence-electron chi connectivity index (χ1n) is 5.51. The summed E-state index contributed by atoms with van der Waals surface area (Å²) in [6, 6.07) is -0.584. The highest BCUT2D eigenvalue weighted by atomic mass is 16.5. The van der Waals surface area contributed by atoms with Crippen molar-refractivity contribution in [1.29, 1.82) is 0 Å². The lowest BCUT2D eigenvalue weighted by Gasteiger charge is -2.19. The van der Waals surface area contributed by atoms with Gasteiger partial charge in [-0.25, -0.2) is 10.8 Å². The van der Waals surface area contributed by atoms with E-state index in [9.17, 15) is 4.79 Å². The van der Waals surface area contributed by atoms with E-state index < -0.39 is 11.9 Å². The summed E-state index contributed by atoms with van der Waals surface area (Å²) in [5.74, 6) is 5.19. The Balaban J connectivity index is 4.65. The molecule has 0 saturated carbocycles. The Morgan fingerprint density at radius 3 is 2.35 bits per heavy atom. The molecule has 0 aromatic carbocycles. The average Bonchev–Trinajstić information content (AvgIpc) is 2.23. The summed E-state index contributed by atoms with van der Waals surface area (Å²) in [7, 11) is 1.60. The molecule has 0 radical (unpaired) electrons. The van der Waals surface area contributed by atoms with Crippen LogP contribution >= 0.6 is 0 Å². The standard InChI is InChI=1S/C10H23N5O2/c1-6(2)8(9(11)16)14-10(15-12)13-7(3)5-17-4/h6-8H,5,12H2,1-4H3,(H2,11,16)(H2,13,14,15). The zero-order valence-electron chi connectivity index (χ0n) is 10.9. The zero-order valence-corrected chi connectivity index (χ0v) is 10.9. The van der Waals surface area contributed by atoms with Gasteiger partial charge in [-0.05, 0) is 12.8 Å². The number of carbonyl (C=O) groups excluding carboxylic acids is 1. The molecule has 0 aliphatic heterocycles. The lowest BCUT2D eigenvalue weighted by Crippen LogP contribution is -2.48. The Bertz CT molecular complexity index is 267. The molecule has 0 aromatic rings. The number of hydrogen-bond donors (Lipinski definition) is 4. The van der Waals surface area contributed by atoms with Crippen molar-refractivity contribution in [2.24, 2.45) is 22.5 Å². The fourth-order valence-corrected chi connectivity index (χ4v) is 1.32. The minimum Gasteiger partial charge on any atom is -0.383 e. The molecule has 0 fully saturated rings. The van der Waals surface area contributed by atoms with Crippen molar-refractivity contribution < 1.29 is 9.53 Å². The van der Waals surface area contributed by atoms with Gasteiger partial charge in [0.2, 0.25) is 11.9 Å². The third kappa shape index (κ3) is 6.08. The lowest BCUT2D eigenvalue weighted by atomic mass is 10.1. The molecule has 0 bridgehead atoms. The van der Waals surface area contributed by atoms with E-state index in [0.717, 1.165) is 0 Å². The van der Waals surface area contributed by atoms with Gasteiger partial charge in [0, 0.05) is 13.2 Å². The normalized spacial score (nSPS) is 15.5. The summed E-state index contributed by atoms with van der Waals surface area (Å²) in [6.07, 6.45) is 0. The maximum absolute atomic E-state index is 11.2. The fourth-order valence-electron chi connectivity index (χ4n) is 1.32. The maximum Gasteiger partial charge on any atom is 0.242 e. The number of nitrogens with two attached hydrogens (primary N) is 2. The van der Waals surface area contributed by atoms with Crippen LogP contribution in [0.2, 0.25) is 0 Å². The summed E-state index contributed by atoms with van der Waals surface area (Å²) >= 11 is 0. The highest BCUT2D eigenvalue weighted by molar-refractivity contribution is 5.86. The summed E-state index contributed by atoms with van der Waals surface area (Å²) in [4.78, 5) is 15.4. The predicted octanol–water partition coefficient (Wildman–Crippen LogP) is -1.06. The van der Waals surface area contributed by atoms with Crippen molar-refractivity contribution in [1.82, 2.24) is 10.7 Å². The van der Waals surface area contributed by atoms with Gasteiger partial charge in [0.1, 0.15) is 6.04 Å². The van der Waals surface area contributed by atoms with E-state index >= 15 is 0 Å². The van der Waals surface area contributed by atoms with Crippen molar-refractivity contribution in [3.63, 3.8) is 0 Å². The molecule has 7 heteroatoms. The van der Waals surface area contributed by atoms with Gasteiger partial charge in [-0.15, -0.1) is 0 Å². The van der Waals surface area contributed by atoms with Crippen LogP contribution in [0.4, 0.5) is 0 Å². The number of hydrazine groups is 1. The lowest BCUT2D eigenvalue weighted by molar-refractivity contribution is -0.120. The van der Waals surface area contributed by atoms with E-state index in [1.807, 2.05) is 20.8 Å². The average molecular weight is 245 g/mol. The van der Waals surface area contributed by atoms with Crippen molar-refractivity contribution >= 4 is 11.9 Å². The number of hydrogen-bond acceptors (Lipinski definition) is 4. The monoisotopic (exact) mass is 245 g/mol. The van der Waals surface area contributed by atoms with Gasteiger partial charge in [-0.3, -0.25) is 10.2 Å². The molecule has 0 rings (SSSR count). The van der Waals surface area contributed by atoms with Gasteiger partial charge in [-0.2, -0.15) is 0 Å². The summed E-state index contributed by atoms with van der Waals surface area (Å²) < 4.78 is 4.97. The molecule has 0 aliphatic rings. The molecule has 6 N–H and O–H groups in total. The second-order valence-electron chi connectivity index (χ2n) is 4.21. The zero-order chi connectivity index (χ0) is 13.4. The number of amides is 1. The summed E-state index contributed by atoms with van der Waals surface area (Å²) in [5.41, 5.74) is 7.67. The molecule has 2 unspecified atom stereocenters. The number of methoxy groups -OCH3 is 1. The van der Waals surface area contributed by atoms with E-state index in [2.05, 4.69) is 15.7 Å². The number of nitrogens with zero attached hydrogens (tertiary/aromatic N) is 1. The van der Waals surface area contributed by atoms with Crippen molar-refractivity contribution in [3.05, 3.63) is 0 Å². The number of ether oxygens (including phenoxy) is 1. The largest absolute Gasteiger partial charge is 0.383 e. The first kappa shape index (κ1) is 15.7.